The molecule has 1 fully saturated rings. The summed E-state index contributed by atoms with van der Waals surface area (Å²) in [5.41, 5.74) is 0. The Balaban J connectivity index is 2.28. The molecule has 2 N–H and O–H groups in total. The molecule has 0 aromatic heterocycles. The van der Waals surface area contributed by atoms with Gasteiger partial charge < -0.3 is 10.2 Å². The minimum Gasteiger partial charge on any atom is -0.481 e. The fourth-order valence-corrected chi connectivity index (χ4v) is 3.50. The maximum atomic E-state index is 12.1. The van der Waals surface area contributed by atoms with Gasteiger partial charge in [-0.25, -0.2) is 0 Å². The van der Waals surface area contributed by atoms with E-state index in [4.69, 9.17) is 5.11 Å². The number of hydrogen-bond donors (Lipinski definition) is 2. The third kappa shape index (κ3) is 8.62. The van der Waals surface area contributed by atoms with Gasteiger partial charge in [0.1, 0.15) is 5.78 Å². The van der Waals surface area contributed by atoms with Gasteiger partial charge in [-0.2, -0.15) is 0 Å². The highest BCUT2D eigenvalue weighted by atomic mass is 16.4. The van der Waals surface area contributed by atoms with Gasteiger partial charge in [0.15, 0.2) is 0 Å². The number of rotatable bonds is 13. The summed E-state index contributed by atoms with van der Waals surface area (Å²) in [7, 11) is 0. The first-order valence-corrected chi connectivity index (χ1v) is 9.65. The van der Waals surface area contributed by atoms with Crippen molar-refractivity contribution in [2.75, 3.05) is 0 Å². The Labute approximate surface area is 146 Å². The molecule has 0 aliphatic heterocycles. The van der Waals surface area contributed by atoms with Gasteiger partial charge in [-0.3, -0.25) is 9.59 Å². The summed E-state index contributed by atoms with van der Waals surface area (Å²) in [4.78, 5) is 22.5. The van der Waals surface area contributed by atoms with E-state index < -0.39 is 5.97 Å². The fraction of sp³-hybridized carbons (Fsp3) is 0.800. The third-order valence-electron chi connectivity index (χ3n) is 4.99. The van der Waals surface area contributed by atoms with Crippen LogP contribution in [0.2, 0.25) is 0 Å². The Kier molecular flexibility index (Phi) is 10.6. The minimum absolute atomic E-state index is 0.101. The molecular weight excluding hydrogens is 304 g/mol. The second-order valence-electron chi connectivity index (χ2n) is 7.07. The fourth-order valence-electron chi connectivity index (χ4n) is 3.50. The van der Waals surface area contributed by atoms with Crippen LogP contribution in [-0.2, 0) is 9.59 Å². The smallest absolute Gasteiger partial charge is 0.303 e. The first-order chi connectivity index (χ1) is 11.5. The van der Waals surface area contributed by atoms with Gasteiger partial charge in [-0.15, -0.1) is 0 Å². The summed E-state index contributed by atoms with van der Waals surface area (Å²) in [5, 5.41) is 18.6. The highest BCUT2D eigenvalue weighted by molar-refractivity contribution is 5.83. The van der Waals surface area contributed by atoms with E-state index in [-0.39, 0.29) is 24.4 Å². The van der Waals surface area contributed by atoms with Crippen LogP contribution in [0.5, 0.6) is 0 Å². The summed E-state index contributed by atoms with van der Waals surface area (Å²) < 4.78 is 0. The molecule has 1 aliphatic rings. The molecule has 1 aliphatic carbocycles. The van der Waals surface area contributed by atoms with E-state index in [1.165, 1.54) is 0 Å². The molecule has 4 nitrogen and oxygen atoms in total. The monoisotopic (exact) mass is 338 g/mol. The van der Waals surface area contributed by atoms with Crippen LogP contribution in [0.4, 0.5) is 0 Å². The second kappa shape index (κ2) is 12.2. The zero-order chi connectivity index (χ0) is 17.8. The average molecular weight is 338 g/mol. The van der Waals surface area contributed by atoms with E-state index >= 15 is 0 Å². The summed E-state index contributed by atoms with van der Waals surface area (Å²) in [5.74, 6) is 0.000218. The lowest BCUT2D eigenvalue weighted by Crippen LogP contribution is -2.14. The number of carbonyl (C=O) groups excluding carboxylic acids is 1. The van der Waals surface area contributed by atoms with Crippen molar-refractivity contribution >= 4 is 11.8 Å². The van der Waals surface area contributed by atoms with Gasteiger partial charge in [0.05, 0.1) is 6.10 Å². The lowest BCUT2D eigenvalue weighted by molar-refractivity contribution is -0.137. The quantitative estimate of drug-likeness (QED) is 0.383. The van der Waals surface area contributed by atoms with E-state index in [1.54, 1.807) is 0 Å². The van der Waals surface area contributed by atoms with Crippen molar-refractivity contribution in [3.05, 3.63) is 12.2 Å². The zero-order valence-electron chi connectivity index (χ0n) is 15.1. The Morgan fingerprint density at radius 3 is 2.67 bits per heavy atom. The highest BCUT2D eigenvalue weighted by Gasteiger charge is 2.32. The predicted octanol–water partition coefficient (Wildman–Crippen LogP) is 4.50. The average Bonchev–Trinajstić information content (AvgIpc) is 2.89. The third-order valence-corrected chi connectivity index (χ3v) is 4.99. The van der Waals surface area contributed by atoms with Crippen LogP contribution in [0.1, 0.15) is 84.0 Å². The molecule has 0 amide bonds. The molecule has 0 unspecified atom stereocenters. The topological polar surface area (TPSA) is 74.6 Å². The first-order valence-electron chi connectivity index (χ1n) is 9.65. The van der Waals surface area contributed by atoms with Crippen LogP contribution in [-0.4, -0.2) is 28.1 Å². The van der Waals surface area contributed by atoms with Crippen molar-refractivity contribution in [3.63, 3.8) is 0 Å². The molecule has 0 aromatic carbocycles. The van der Waals surface area contributed by atoms with Gasteiger partial charge >= 0.3 is 5.97 Å². The molecule has 1 rings (SSSR count). The van der Waals surface area contributed by atoms with Crippen molar-refractivity contribution in [2.24, 2.45) is 11.8 Å². The molecule has 3 atom stereocenters. The summed E-state index contributed by atoms with van der Waals surface area (Å²) >= 11 is 0. The molecule has 138 valence electrons. The first kappa shape index (κ1) is 20.9. The van der Waals surface area contributed by atoms with Crippen LogP contribution in [0, 0.1) is 11.8 Å². The van der Waals surface area contributed by atoms with Crippen LogP contribution >= 0.6 is 0 Å². The van der Waals surface area contributed by atoms with Crippen molar-refractivity contribution in [1.29, 1.82) is 0 Å². The molecule has 0 aromatic rings. The lowest BCUT2D eigenvalue weighted by atomic mass is 9.89. The number of Topliss-reactive ketones (excluding diaryl/α,β-unsaturated/α-hetero) is 1. The van der Waals surface area contributed by atoms with E-state index in [9.17, 15) is 14.7 Å². The van der Waals surface area contributed by atoms with Crippen LogP contribution in [0.3, 0.4) is 0 Å². The van der Waals surface area contributed by atoms with Crippen molar-refractivity contribution < 1.29 is 19.8 Å². The molecule has 0 heterocycles. The molecule has 4 heteroatoms. The van der Waals surface area contributed by atoms with Crippen LogP contribution < -0.4 is 0 Å². The van der Waals surface area contributed by atoms with Gasteiger partial charge in [0.25, 0.3) is 0 Å². The number of carbonyl (C=O) groups is 2. The Morgan fingerprint density at radius 1 is 1.21 bits per heavy atom. The van der Waals surface area contributed by atoms with E-state index in [2.05, 4.69) is 13.0 Å². The Bertz CT molecular complexity index is 402. The minimum atomic E-state index is -0.733. The molecule has 0 bridgehead atoms. The van der Waals surface area contributed by atoms with Crippen molar-refractivity contribution in [1.82, 2.24) is 0 Å². The van der Waals surface area contributed by atoms with Gasteiger partial charge in [-0.1, -0.05) is 57.6 Å². The number of hydrogen-bond acceptors (Lipinski definition) is 3. The zero-order valence-corrected chi connectivity index (χ0v) is 15.1. The number of carboxylic acid groups (broad SMARTS) is 1. The summed E-state index contributed by atoms with van der Waals surface area (Å²) in [6.45, 7) is 2.15. The summed E-state index contributed by atoms with van der Waals surface area (Å²) in [6, 6.07) is 0. The summed E-state index contributed by atoms with van der Waals surface area (Å²) in [6.07, 6.45) is 14.0. The number of allylic oxidation sites excluding steroid dienone is 1. The van der Waals surface area contributed by atoms with Crippen LogP contribution in [0.15, 0.2) is 12.2 Å². The maximum absolute atomic E-state index is 12.1. The number of aliphatic carboxylic acids is 1. The molecule has 0 spiro atoms. The van der Waals surface area contributed by atoms with E-state index in [1.807, 2.05) is 6.08 Å². The van der Waals surface area contributed by atoms with E-state index in [0.29, 0.717) is 12.2 Å². The van der Waals surface area contributed by atoms with Crippen molar-refractivity contribution in [3.8, 4) is 0 Å². The van der Waals surface area contributed by atoms with Crippen LogP contribution in [0.25, 0.3) is 0 Å². The molecule has 24 heavy (non-hydrogen) atoms. The maximum Gasteiger partial charge on any atom is 0.303 e. The SMILES string of the molecule is CCCCC[C@H](O)/C=C/[C@H]1CCC(=O)[C@@H]1CCCCCCC(=O)O. The number of ketones is 1. The normalized spacial score (nSPS) is 22.3. The predicted molar refractivity (Wildman–Crippen MR) is 95.8 cm³/mol. The largest absolute Gasteiger partial charge is 0.481 e. The van der Waals surface area contributed by atoms with Crippen molar-refractivity contribution in [2.45, 2.75) is 90.1 Å². The van der Waals surface area contributed by atoms with Gasteiger partial charge in [0, 0.05) is 18.8 Å². The Morgan fingerprint density at radius 2 is 1.96 bits per heavy atom. The molecule has 0 saturated heterocycles. The molecule has 1 saturated carbocycles. The number of aliphatic hydroxyl groups excluding tert-OH is 1. The molecular formula is C20H34O4. The standard InChI is InChI=1S/C20H34O4/c1-2-3-6-9-17(21)14-12-16-13-15-19(22)18(16)10-7-4-5-8-11-20(23)24/h12,14,16-18,21H,2-11,13,15H2,1H3,(H,23,24)/b14-12+/t16-,17-,18+/m0/s1. The molecule has 0 radical (unpaired) electrons. The lowest BCUT2D eigenvalue weighted by Gasteiger charge is -2.15. The highest BCUT2D eigenvalue weighted by Crippen LogP contribution is 2.34. The number of unbranched alkanes of at least 4 members (excludes halogenated alkanes) is 5. The van der Waals surface area contributed by atoms with Gasteiger partial charge in [-0.05, 0) is 31.6 Å². The van der Waals surface area contributed by atoms with Gasteiger partial charge in [0.2, 0.25) is 0 Å². The Hall–Kier alpha value is -1.16. The number of carboxylic acids is 1. The van der Waals surface area contributed by atoms with E-state index in [0.717, 1.165) is 64.2 Å². The second-order valence-corrected chi connectivity index (χ2v) is 7.07. The number of aliphatic hydroxyl groups is 1.